The molecule has 0 saturated carbocycles. The number of hydrogen-bond donors (Lipinski definition) is 0. The fourth-order valence-corrected chi connectivity index (χ4v) is 7.25. The molecule has 2 aromatic carbocycles. The Morgan fingerprint density at radius 3 is 2.21 bits per heavy atom. The highest BCUT2D eigenvalue weighted by atomic mass is 32.2. The Kier molecular flexibility index (Phi) is 4.94. The molecule has 0 N–H and O–H groups in total. The number of sulfonamides is 1. The maximum Gasteiger partial charge on any atom is 0.244 e. The van der Waals surface area contributed by atoms with Gasteiger partial charge < -0.3 is 0 Å². The molecule has 0 aliphatic carbocycles. The van der Waals surface area contributed by atoms with Gasteiger partial charge in [0.2, 0.25) is 10.0 Å². The van der Waals surface area contributed by atoms with Crippen LogP contribution in [0, 0.1) is 27.7 Å². The van der Waals surface area contributed by atoms with Crippen molar-refractivity contribution in [1.82, 2.24) is 4.31 Å². The Bertz CT molecular complexity index is 1100. The molecule has 0 radical (unpaired) electrons. The van der Waals surface area contributed by atoms with Crippen LogP contribution in [0.4, 0.5) is 0 Å². The summed E-state index contributed by atoms with van der Waals surface area (Å²) in [6.45, 7) is 8.35. The largest absolute Gasteiger partial charge is 0.244 e. The molecular formula is C23H25NO2S2. The van der Waals surface area contributed by atoms with Crippen molar-refractivity contribution in [2.75, 3.05) is 6.54 Å². The van der Waals surface area contributed by atoms with E-state index < -0.39 is 10.0 Å². The Labute approximate surface area is 171 Å². The Balaban J connectivity index is 1.89. The third-order valence-electron chi connectivity index (χ3n) is 5.49. The van der Waals surface area contributed by atoms with Crippen LogP contribution in [0.2, 0.25) is 0 Å². The van der Waals surface area contributed by atoms with E-state index in [9.17, 15) is 8.42 Å². The molecule has 5 heteroatoms. The van der Waals surface area contributed by atoms with Crippen molar-refractivity contribution >= 4 is 21.4 Å². The van der Waals surface area contributed by atoms with Crippen molar-refractivity contribution in [1.29, 1.82) is 0 Å². The lowest BCUT2D eigenvalue weighted by Crippen LogP contribution is -2.40. The van der Waals surface area contributed by atoms with E-state index in [1.54, 1.807) is 15.6 Å². The van der Waals surface area contributed by atoms with E-state index in [4.69, 9.17) is 0 Å². The molecule has 1 aliphatic heterocycles. The molecule has 3 aromatic rings. The summed E-state index contributed by atoms with van der Waals surface area (Å²) in [5, 5.41) is 2.07. The summed E-state index contributed by atoms with van der Waals surface area (Å²) in [7, 11) is -3.63. The predicted molar refractivity (Wildman–Crippen MR) is 116 cm³/mol. The summed E-state index contributed by atoms with van der Waals surface area (Å²) in [6, 6.07) is 14.0. The first-order chi connectivity index (χ1) is 13.3. The maximum absolute atomic E-state index is 13.9. The van der Waals surface area contributed by atoms with Gasteiger partial charge in [-0.3, -0.25) is 0 Å². The van der Waals surface area contributed by atoms with Crippen LogP contribution in [0.1, 0.15) is 44.3 Å². The second-order valence-electron chi connectivity index (χ2n) is 7.71. The lowest BCUT2D eigenvalue weighted by molar-refractivity contribution is 0.346. The average molecular weight is 412 g/mol. The molecule has 0 amide bonds. The molecule has 1 aliphatic rings. The number of hydrogen-bond acceptors (Lipinski definition) is 3. The van der Waals surface area contributed by atoms with Gasteiger partial charge in [0.15, 0.2) is 0 Å². The van der Waals surface area contributed by atoms with Crippen LogP contribution in [-0.2, 0) is 16.4 Å². The van der Waals surface area contributed by atoms with Crippen LogP contribution in [0.25, 0.3) is 0 Å². The topological polar surface area (TPSA) is 37.4 Å². The quantitative estimate of drug-likeness (QED) is 0.585. The zero-order chi connectivity index (χ0) is 20.1. The van der Waals surface area contributed by atoms with Crippen molar-refractivity contribution in [2.24, 2.45) is 0 Å². The molecule has 2 heterocycles. The third kappa shape index (κ3) is 3.21. The first kappa shape index (κ1) is 19.4. The summed E-state index contributed by atoms with van der Waals surface area (Å²) < 4.78 is 29.4. The van der Waals surface area contributed by atoms with Gasteiger partial charge in [-0.25, -0.2) is 8.42 Å². The monoisotopic (exact) mass is 411 g/mol. The normalized spacial score (nSPS) is 17.5. The van der Waals surface area contributed by atoms with E-state index in [1.165, 1.54) is 10.4 Å². The predicted octanol–water partition coefficient (Wildman–Crippen LogP) is 5.32. The molecule has 0 spiro atoms. The molecule has 1 aromatic heterocycles. The smallest absolute Gasteiger partial charge is 0.207 e. The highest BCUT2D eigenvalue weighted by Gasteiger charge is 2.39. The number of rotatable bonds is 3. The van der Waals surface area contributed by atoms with E-state index in [2.05, 4.69) is 35.7 Å². The van der Waals surface area contributed by atoms with E-state index in [1.807, 2.05) is 39.8 Å². The van der Waals surface area contributed by atoms with E-state index in [0.717, 1.165) is 34.2 Å². The molecule has 0 bridgehead atoms. The van der Waals surface area contributed by atoms with Crippen LogP contribution < -0.4 is 0 Å². The summed E-state index contributed by atoms with van der Waals surface area (Å²) in [5.74, 6) is 0. The fourth-order valence-electron chi connectivity index (χ4n) is 4.34. The first-order valence-electron chi connectivity index (χ1n) is 9.51. The number of nitrogens with zero attached hydrogens (tertiary/aromatic N) is 1. The van der Waals surface area contributed by atoms with Crippen molar-refractivity contribution in [2.45, 2.75) is 45.1 Å². The molecule has 0 saturated heterocycles. The molecule has 3 nitrogen and oxygen atoms in total. The molecule has 1 atom stereocenters. The first-order valence-corrected chi connectivity index (χ1v) is 11.8. The summed E-state index contributed by atoms with van der Waals surface area (Å²) >= 11 is 1.72. The fraction of sp³-hybridized carbons (Fsp3) is 0.304. The third-order valence-corrected chi connectivity index (χ3v) is 8.65. The summed E-state index contributed by atoms with van der Waals surface area (Å²) in [6.07, 6.45) is 0.762. The van der Waals surface area contributed by atoms with Gasteiger partial charge in [0.1, 0.15) is 0 Å². The van der Waals surface area contributed by atoms with Gasteiger partial charge in [-0.15, -0.1) is 11.3 Å². The van der Waals surface area contributed by atoms with Crippen LogP contribution >= 0.6 is 11.3 Å². The molecule has 4 rings (SSSR count). The van der Waals surface area contributed by atoms with Gasteiger partial charge in [0, 0.05) is 11.4 Å². The van der Waals surface area contributed by atoms with E-state index >= 15 is 0 Å². The van der Waals surface area contributed by atoms with Crippen molar-refractivity contribution in [3.05, 3.63) is 86.1 Å². The number of benzene rings is 2. The second kappa shape index (κ2) is 7.14. The van der Waals surface area contributed by atoms with Crippen molar-refractivity contribution in [3.8, 4) is 0 Å². The standard InChI is InChI=1S/C23H25NO2S2/c1-15-5-7-19(8-6-15)22-20-10-12-27-21(20)9-11-24(22)28(25,26)23-17(3)13-16(2)14-18(23)4/h5-8,10,12-14,22H,9,11H2,1-4H3/t22-/m1/s1. The minimum Gasteiger partial charge on any atom is -0.207 e. The summed E-state index contributed by atoms with van der Waals surface area (Å²) in [4.78, 5) is 1.74. The van der Waals surface area contributed by atoms with Crippen LogP contribution in [0.5, 0.6) is 0 Å². The van der Waals surface area contributed by atoms with Crippen molar-refractivity contribution < 1.29 is 8.42 Å². The van der Waals surface area contributed by atoms with Crippen molar-refractivity contribution in [3.63, 3.8) is 0 Å². The van der Waals surface area contributed by atoms with Crippen LogP contribution in [0.15, 0.2) is 52.7 Å². The van der Waals surface area contributed by atoms with E-state index in [0.29, 0.717) is 11.4 Å². The number of fused-ring (bicyclic) bond motifs is 1. The summed E-state index contributed by atoms with van der Waals surface area (Å²) in [5.41, 5.74) is 6.03. The van der Waals surface area contributed by atoms with Gasteiger partial charge in [0.25, 0.3) is 0 Å². The van der Waals surface area contributed by atoms with E-state index in [-0.39, 0.29) is 6.04 Å². The van der Waals surface area contributed by atoms with Gasteiger partial charge in [-0.1, -0.05) is 47.5 Å². The lowest BCUT2D eigenvalue weighted by Gasteiger charge is -2.36. The highest BCUT2D eigenvalue weighted by molar-refractivity contribution is 7.89. The van der Waals surface area contributed by atoms with Gasteiger partial charge in [-0.05, 0) is 67.8 Å². The molecular weight excluding hydrogens is 386 g/mol. The van der Waals surface area contributed by atoms with Gasteiger partial charge in [0.05, 0.1) is 10.9 Å². The zero-order valence-electron chi connectivity index (χ0n) is 16.7. The molecule has 28 heavy (non-hydrogen) atoms. The maximum atomic E-state index is 13.9. The van der Waals surface area contributed by atoms with Crippen LogP contribution in [0.3, 0.4) is 0 Å². The van der Waals surface area contributed by atoms with Crippen LogP contribution in [-0.4, -0.2) is 19.3 Å². The highest BCUT2D eigenvalue weighted by Crippen LogP contribution is 2.41. The number of aryl methyl sites for hydroxylation is 4. The molecule has 0 unspecified atom stereocenters. The zero-order valence-corrected chi connectivity index (χ0v) is 18.3. The Morgan fingerprint density at radius 2 is 1.57 bits per heavy atom. The average Bonchev–Trinajstić information content (AvgIpc) is 3.09. The SMILES string of the molecule is Cc1ccc([C@@H]2c3ccsc3CCN2S(=O)(=O)c2c(C)cc(C)cc2C)cc1. The minimum atomic E-state index is -3.63. The molecule has 0 fully saturated rings. The Hall–Kier alpha value is -1.95. The number of thiophene rings is 1. The Morgan fingerprint density at radius 1 is 0.929 bits per heavy atom. The van der Waals surface area contributed by atoms with Gasteiger partial charge in [-0.2, -0.15) is 4.31 Å². The molecule has 146 valence electrons. The second-order valence-corrected chi connectivity index (χ2v) is 10.5. The van der Waals surface area contributed by atoms with Gasteiger partial charge >= 0.3 is 0 Å². The lowest BCUT2D eigenvalue weighted by atomic mass is 9.95. The minimum absolute atomic E-state index is 0.277.